The topological polar surface area (TPSA) is 45.7 Å². The Hall–Kier alpha value is -1.14. The number of rotatable bonds is 4. The molecule has 0 amide bonds. The molecule has 1 aromatic rings. The molecule has 0 saturated carbocycles. The van der Waals surface area contributed by atoms with Crippen molar-refractivity contribution in [2.24, 2.45) is 0 Å². The lowest BCUT2D eigenvalue weighted by atomic mass is 10.1. The second-order valence-electron chi connectivity index (χ2n) is 5.47. The van der Waals surface area contributed by atoms with Crippen molar-refractivity contribution >= 4 is 22.4 Å². The maximum atomic E-state index is 11.2. The third kappa shape index (κ3) is 3.49. The van der Waals surface area contributed by atoms with Gasteiger partial charge in [0.05, 0.1) is 19.2 Å². The van der Waals surface area contributed by atoms with E-state index in [0.717, 1.165) is 23.9 Å². The van der Waals surface area contributed by atoms with E-state index in [0.29, 0.717) is 24.9 Å². The summed E-state index contributed by atoms with van der Waals surface area (Å²) >= 11 is 1.66. The first-order valence-corrected chi connectivity index (χ1v) is 7.87. The number of methoxy groups -OCH3 is 1. The summed E-state index contributed by atoms with van der Waals surface area (Å²) in [7, 11) is 3.60. The minimum absolute atomic E-state index is 0.179. The number of likely N-dealkylation sites (N-methyl/N-ethyl adjacent to an activating group) is 1. The van der Waals surface area contributed by atoms with Crippen LogP contribution in [0.15, 0.2) is 5.38 Å². The van der Waals surface area contributed by atoms with Gasteiger partial charge < -0.3 is 9.64 Å². The van der Waals surface area contributed by atoms with Gasteiger partial charge in [-0.25, -0.2) is 4.98 Å². The fourth-order valence-corrected chi connectivity index (χ4v) is 3.33. The number of ether oxygens (including phenoxy) is 1. The number of carbonyl (C=O) groups excluding carboxylic acids is 1. The largest absolute Gasteiger partial charge is 0.469 e. The lowest BCUT2D eigenvalue weighted by Crippen LogP contribution is -2.55. The van der Waals surface area contributed by atoms with Gasteiger partial charge in [-0.05, 0) is 20.9 Å². The van der Waals surface area contributed by atoms with Crippen molar-refractivity contribution in [1.29, 1.82) is 0 Å². The van der Waals surface area contributed by atoms with E-state index in [4.69, 9.17) is 0 Å². The lowest BCUT2D eigenvalue weighted by Gasteiger charge is -2.42. The van der Waals surface area contributed by atoms with Crippen LogP contribution in [0.3, 0.4) is 0 Å². The van der Waals surface area contributed by atoms with Gasteiger partial charge in [-0.3, -0.25) is 9.69 Å². The highest BCUT2D eigenvalue weighted by Gasteiger charge is 2.27. The standard InChI is InChI=1S/C14H23N3O2S/c1-10-7-17(8-11(2)16(10)3)14-15-12(9-20-14)5-6-13(18)19-4/h9-11H,5-8H2,1-4H3. The van der Waals surface area contributed by atoms with Gasteiger partial charge in [-0.2, -0.15) is 0 Å². The zero-order chi connectivity index (χ0) is 14.7. The van der Waals surface area contributed by atoms with Gasteiger partial charge in [0.1, 0.15) is 0 Å². The minimum Gasteiger partial charge on any atom is -0.469 e. The first-order valence-electron chi connectivity index (χ1n) is 6.99. The van der Waals surface area contributed by atoms with Crippen LogP contribution >= 0.6 is 11.3 Å². The van der Waals surface area contributed by atoms with Crippen molar-refractivity contribution in [2.45, 2.75) is 38.8 Å². The molecule has 20 heavy (non-hydrogen) atoms. The number of esters is 1. The summed E-state index contributed by atoms with van der Waals surface area (Å²) in [5, 5.41) is 3.11. The zero-order valence-corrected chi connectivity index (χ0v) is 13.4. The Bertz CT molecular complexity index is 451. The van der Waals surface area contributed by atoms with Crippen LogP contribution in [-0.2, 0) is 16.0 Å². The van der Waals surface area contributed by atoms with E-state index < -0.39 is 0 Å². The third-order valence-corrected chi connectivity index (χ3v) is 4.93. The monoisotopic (exact) mass is 297 g/mol. The molecule has 5 nitrogen and oxygen atoms in total. The van der Waals surface area contributed by atoms with Crippen molar-refractivity contribution in [3.63, 3.8) is 0 Å². The Morgan fingerprint density at radius 3 is 2.70 bits per heavy atom. The molecular weight excluding hydrogens is 274 g/mol. The highest BCUT2D eigenvalue weighted by molar-refractivity contribution is 7.13. The average molecular weight is 297 g/mol. The van der Waals surface area contributed by atoms with Crippen LogP contribution in [0, 0.1) is 0 Å². The summed E-state index contributed by atoms with van der Waals surface area (Å²) < 4.78 is 4.66. The number of carbonyl (C=O) groups is 1. The van der Waals surface area contributed by atoms with Gasteiger partial charge in [-0.15, -0.1) is 11.3 Å². The van der Waals surface area contributed by atoms with Crippen molar-refractivity contribution in [1.82, 2.24) is 9.88 Å². The molecule has 6 heteroatoms. The van der Waals surface area contributed by atoms with Crippen molar-refractivity contribution in [2.75, 3.05) is 32.1 Å². The van der Waals surface area contributed by atoms with Gasteiger partial charge in [-0.1, -0.05) is 0 Å². The van der Waals surface area contributed by atoms with Crippen molar-refractivity contribution in [3.8, 4) is 0 Å². The first kappa shape index (κ1) is 15.3. The Morgan fingerprint density at radius 1 is 1.45 bits per heavy atom. The summed E-state index contributed by atoms with van der Waals surface area (Å²) in [6.45, 7) is 6.50. The van der Waals surface area contributed by atoms with E-state index in [1.807, 2.05) is 5.38 Å². The summed E-state index contributed by atoms with van der Waals surface area (Å²) in [5.74, 6) is -0.179. The predicted octanol–water partition coefficient (Wildman–Crippen LogP) is 1.78. The van der Waals surface area contributed by atoms with E-state index in [9.17, 15) is 4.79 Å². The molecule has 1 aromatic heterocycles. The van der Waals surface area contributed by atoms with E-state index >= 15 is 0 Å². The van der Waals surface area contributed by atoms with Crippen LogP contribution in [-0.4, -0.2) is 55.2 Å². The van der Waals surface area contributed by atoms with Gasteiger partial charge in [0, 0.05) is 37.0 Å². The van der Waals surface area contributed by atoms with Crippen LogP contribution in [0.2, 0.25) is 0 Å². The smallest absolute Gasteiger partial charge is 0.305 e. The second kappa shape index (κ2) is 6.54. The molecular formula is C14H23N3O2S. The number of piperazine rings is 1. The Morgan fingerprint density at radius 2 is 2.10 bits per heavy atom. The molecule has 2 unspecified atom stereocenters. The molecule has 0 spiro atoms. The van der Waals surface area contributed by atoms with Gasteiger partial charge >= 0.3 is 5.97 Å². The molecule has 1 aliphatic rings. The van der Waals surface area contributed by atoms with E-state index in [2.05, 4.69) is 40.4 Å². The summed E-state index contributed by atoms with van der Waals surface area (Å²) in [4.78, 5) is 20.6. The lowest BCUT2D eigenvalue weighted by molar-refractivity contribution is -0.140. The third-order valence-electron chi connectivity index (χ3n) is 3.98. The number of aryl methyl sites for hydroxylation is 1. The van der Waals surface area contributed by atoms with Crippen LogP contribution in [0.4, 0.5) is 5.13 Å². The second-order valence-corrected chi connectivity index (χ2v) is 6.30. The molecule has 1 fully saturated rings. The van der Waals surface area contributed by atoms with E-state index in [-0.39, 0.29) is 5.97 Å². The molecule has 0 bridgehead atoms. The van der Waals surface area contributed by atoms with Crippen LogP contribution in [0.1, 0.15) is 26.0 Å². The number of anilines is 1. The van der Waals surface area contributed by atoms with Crippen molar-refractivity contribution in [3.05, 3.63) is 11.1 Å². The number of thiazole rings is 1. The van der Waals surface area contributed by atoms with Crippen molar-refractivity contribution < 1.29 is 9.53 Å². The molecule has 2 rings (SSSR count). The molecule has 0 radical (unpaired) electrons. The number of aromatic nitrogens is 1. The van der Waals surface area contributed by atoms with Gasteiger partial charge in [0.15, 0.2) is 5.13 Å². The molecule has 0 aliphatic carbocycles. The van der Waals surface area contributed by atoms with E-state index in [1.54, 1.807) is 11.3 Å². The summed E-state index contributed by atoms with van der Waals surface area (Å²) in [6.07, 6.45) is 1.05. The highest BCUT2D eigenvalue weighted by Crippen LogP contribution is 2.25. The van der Waals surface area contributed by atoms with Crippen LogP contribution < -0.4 is 4.90 Å². The average Bonchev–Trinajstić information content (AvgIpc) is 2.90. The molecule has 112 valence electrons. The summed E-state index contributed by atoms with van der Waals surface area (Å²) in [6, 6.07) is 1.06. The Kier molecular flexibility index (Phi) is 4.99. The van der Waals surface area contributed by atoms with E-state index in [1.165, 1.54) is 7.11 Å². The molecule has 2 atom stereocenters. The molecule has 1 aliphatic heterocycles. The fraction of sp³-hybridized carbons (Fsp3) is 0.714. The highest BCUT2D eigenvalue weighted by atomic mass is 32.1. The number of hydrogen-bond acceptors (Lipinski definition) is 6. The molecule has 0 N–H and O–H groups in total. The normalized spacial score (nSPS) is 23.9. The quantitative estimate of drug-likeness (QED) is 0.793. The predicted molar refractivity (Wildman–Crippen MR) is 81.4 cm³/mol. The molecule has 2 heterocycles. The summed E-state index contributed by atoms with van der Waals surface area (Å²) in [5.41, 5.74) is 0.981. The molecule has 1 saturated heterocycles. The van der Waals surface area contributed by atoms with Crippen LogP contribution in [0.25, 0.3) is 0 Å². The first-order chi connectivity index (χ1) is 9.51. The number of hydrogen-bond donors (Lipinski definition) is 0. The fourth-order valence-electron chi connectivity index (χ4n) is 2.45. The minimum atomic E-state index is -0.179. The van der Waals surface area contributed by atoms with Gasteiger partial charge in [0.2, 0.25) is 0 Å². The Balaban J connectivity index is 1.96. The number of nitrogens with zero attached hydrogens (tertiary/aromatic N) is 3. The maximum absolute atomic E-state index is 11.2. The van der Waals surface area contributed by atoms with Gasteiger partial charge in [0.25, 0.3) is 0 Å². The van der Waals surface area contributed by atoms with Crippen LogP contribution in [0.5, 0.6) is 0 Å². The zero-order valence-electron chi connectivity index (χ0n) is 12.6. The Labute approximate surface area is 124 Å². The SMILES string of the molecule is COC(=O)CCc1csc(N2CC(C)N(C)C(C)C2)n1. The molecule has 0 aromatic carbocycles. The maximum Gasteiger partial charge on any atom is 0.305 e.